The van der Waals surface area contributed by atoms with E-state index in [1.54, 1.807) is 18.2 Å². The van der Waals surface area contributed by atoms with Gasteiger partial charge in [0.2, 0.25) is 5.91 Å². The highest BCUT2D eigenvalue weighted by molar-refractivity contribution is 5.85. The van der Waals surface area contributed by atoms with Crippen LogP contribution in [-0.2, 0) is 29.1 Å². The van der Waals surface area contributed by atoms with Crippen molar-refractivity contribution >= 4 is 22.6 Å². The second-order valence-electron chi connectivity index (χ2n) is 6.54. The number of carbonyl (C=O) groups excluding carboxylic acids is 1. The summed E-state index contributed by atoms with van der Waals surface area (Å²) in [5.74, 6) is -1.50. The number of hydrogen-bond donors (Lipinski definition) is 1. The summed E-state index contributed by atoms with van der Waals surface area (Å²) in [5, 5.41) is 14.8. The molecule has 0 bridgehead atoms. The minimum Gasteiger partial charge on any atom is -0.480 e. The monoisotopic (exact) mass is 363 g/mol. The Labute approximate surface area is 154 Å². The summed E-state index contributed by atoms with van der Waals surface area (Å²) < 4.78 is 1.09. The second-order valence-corrected chi connectivity index (χ2v) is 6.54. The Balaban J connectivity index is 1.65. The molecule has 1 aliphatic rings. The predicted octanol–water partition coefficient (Wildman–Crippen LogP) is 1.43. The Kier molecular flexibility index (Phi) is 4.19. The summed E-state index contributed by atoms with van der Waals surface area (Å²) in [5.41, 5.74) is 1.47. The van der Waals surface area contributed by atoms with Crippen LogP contribution in [0, 0.1) is 0 Å². The second kappa shape index (κ2) is 6.68. The first kappa shape index (κ1) is 17.0. The van der Waals surface area contributed by atoms with Gasteiger partial charge in [-0.25, -0.2) is 9.48 Å². The molecule has 0 saturated heterocycles. The van der Waals surface area contributed by atoms with Crippen molar-refractivity contribution < 1.29 is 14.7 Å². The van der Waals surface area contributed by atoms with E-state index in [2.05, 4.69) is 5.10 Å². The van der Waals surface area contributed by atoms with Gasteiger partial charge in [0.1, 0.15) is 12.6 Å². The predicted molar refractivity (Wildman–Crippen MR) is 98.1 cm³/mol. The molecule has 7 nitrogen and oxygen atoms in total. The van der Waals surface area contributed by atoms with Gasteiger partial charge in [0.15, 0.2) is 0 Å². The van der Waals surface area contributed by atoms with Crippen LogP contribution < -0.4 is 5.56 Å². The number of carboxylic acid groups (broad SMARTS) is 1. The van der Waals surface area contributed by atoms with Crippen molar-refractivity contribution in [3.8, 4) is 0 Å². The Morgan fingerprint density at radius 3 is 2.56 bits per heavy atom. The third kappa shape index (κ3) is 3.08. The lowest BCUT2D eigenvalue weighted by molar-refractivity contribution is -0.151. The average molecular weight is 363 g/mol. The van der Waals surface area contributed by atoms with Crippen LogP contribution in [0.3, 0.4) is 0 Å². The third-order valence-corrected chi connectivity index (χ3v) is 4.90. The van der Waals surface area contributed by atoms with E-state index in [0.29, 0.717) is 10.8 Å². The van der Waals surface area contributed by atoms with Gasteiger partial charge >= 0.3 is 5.97 Å². The molecule has 1 N–H and O–H groups in total. The molecule has 1 aromatic heterocycles. The standard InChI is InChI=1S/C20H17N3O4/c24-18(12-23-19(25)16-8-4-3-6-14(16)10-21-23)22-11-15-7-2-1-5-13(15)9-17(22)20(26)27/h1-8,10,17H,9,11-12H2,(H,26,27)/t17-/m0/s1. The molecule has 0 saturated carbocycles. The number of amides is 1. The van der Waals surface area contributed by atoms with E-state index in [1.165, 1.54) is 11.1 Å². The number of rotatable bonds is 3. The molecular formula is C20H17N3O4. The van der Waals surface area contributed by atoms with Gasteiger partial charge in [-0.15, -0.1) is 0 Å². The van der Waals surface area contributed by atoms with Gasteiger partial charge in [-0.1, -0.05) is 42.5 Å². The van der Waals surface area contributed by atoms with Crippen molar-refractivity contribution in [2.45, 2.75) is 25.6 Å². The minimum absolute atomic E-state index is 0.203. The number of carbonyl (C=O) groups is 2. The normalized spacial score (nSPS) is 16.1. The number of carboxylic acids is 1. The molecule has 27 heavy (non-hydrogen) atoms. The van der Waals surface area contributed by atoms with Crippen LogP contribution in [0.5, 0.6) is 0 Å². The van der Waals surface area contributed by atoms with Crippen molar-refractivity contribution in [1.82, 2.24) is 14.7 Å². The van der Waals surface area contributed by atoms with Crippen molar-refractivity contribution in [2.75, 3.05) is 0 Å². The molecule has 3 aromatic rings. The third-order valence-electron chi connectivity index (χ3n) is 4.90. The SMILES string of the molecule is O=C(O)[C@@H]1Cc2ccccc2CN1C(=O)Cn1ncc2ccccc2c1=O. The van der Waals surface area contributed by atoms with E-state index < -0.39 is 17.9 Å². The first-order valence-electron chi connectivity index (χ1n) is 8.58. The molecule has 4 rings (SSSR count). The molecule has 1 aliphatic heterocycles. The number of aromatic nitrogens is 2. The van der Waals surface area contributed by atoms with Gasteiger partial charge < -0.3 is 10.0 Å². The van der Waals surface area contributed by atoms with Crippen molar-refractivity contribution in [2.24, 2.45) is 0 Å². The molecular weight excluding hydrogens is 346 g/mol. The largest absolute Gasteiger partial charge is 0.480 e. The van der Waals surface area contributed by atoms with Gasteiger partial charge in [0.05, 0.1) is 11.6 Å². The van der Waals surface area contributed by atoms with Crippen molar-refractivity contribution in [3.63, 3.8) is 0 Å². The summed E-state index contributed by atoms with van der Waals surface area (Å²) in [6.45, 7) is -0.0933. The zero-order valence-electron chi connectivity index (χ0n) is 14.4. The van der Waals surface area contributed by atoms with Gasteiger partial charge in [-0.2, -0.15) is 5.10 Å². The van der Waals surface area contributed by atoms with E-state index in [4.69, 9.17) is 0 Å². The minimum atomic E-state index is -1.06. The van der Waals surface area contributed by atoms with Gasteiger partial charge in [-0.3, -0.25) is 9.59 Å². The first-order chi connectivity index (χ1) is 13.0. The fraction of sp³-hybridized carbons (Fsp3) is 0.200. The molecule has 1 atom stereocenters. The molecule has 0 aliphatic carbocycles. The van der Waals surface area contributed by atoms with Crippen LogP contribution in [0.15, 0.2) is 59.5 Å². The van der Waals surface area contributed by atoms with Gasteiger partial charge in [-0.05, 0) is 17.2 Å². The molecule has 0 radical (unpaired) electrons. The Bertz CT molecular complexity index is 1110. The maximum Gasteiger partial charge on any atom is 0.326 e. The number of fused-ring (bicyclic) bond motifs is 2. The lowest BCUT2D eigenvalue weighted by Crippen LogP contribution is -2.50. The number of nitrogens with zero attached hydrogens (tertiary/aromatic N) is 3. The highest BCUT2D eigenvalue weighted by Gasteiger charge is 2.34. The number of aliphatic carboxylic acids is 1. The maximum atomic E-state index is 12.8. The molecule has 2 aromatic carbocycles. The van der Waals surface area contributed by atoms with Gasteiger partial charge in [0.25, 0.3) is 5.56 Å². The molecule has 2 heterocycles. The molecule has 0 fully saturated rings. The zero-order chi connectivity index (χ0) is 19.0. The fourth-order valence-electron chi connectivity index (χ4n) is 3.46. The van der Waals surface area contributed by atoms with E-state index in [-0.39, 0.29) is 25.1 Å². The highest BCUT2D eigenvalue weighted by atomic mass is 16.4. The Morgan fingerprint density at radius 1 is 1.07 bits per heavy atom. The Morgan fingerprint density at radius 2 is 1.78 bits per heavy atom. The van der Waals surface area contributed by atoms with E-state index in [0.717, 1.165) is 15.8 Å². The van der Waals surface area contributed by atoms with E-state index in [1.807, 2.05) is 30.3 Å². The van der Waals surface area contributed by atoms with Crippen LogP contribution in [0.2, 0.25) is 0 Å². The van der Waals surface area contributed by atoms with Crippen LogP contribution in [0.1, 0.15) is 11.1 Å². The molecule has 7 heteroatoms. The summed E-state index contributed by atoms with van der Waals surface area (Å²) in [6, 6.07) is 13.5. The fourth-order valence-corrected chi connectivity index (χ4v) is 3.46. The number of benzene rings is 2. The van der Waals surface area contributed by atoms with Crippen LogP contribution >= 0.6 is 0 Å². The summed E-state index contributed by atoms with van der Waals surface area (Å²) >= 11 is 0. The summed E-state index contributed by atoms with van der Waals surface area (Å²) in [6.07, 6.45) is 1.78. The molecule has 0 unspecified atom stereocenters. The smallest absolute Gasteiger partial charge is 0.326 e. The maximum absolute atomic E-state index is 12.8. The van der Waals surface area contributed by atoms with E-state index >= 15 is 0 Å². The topological polar surface area (TPSA) is 92.5 Å². The quantitative estimate of drug-likeness (QED) is 0.760. The Hall–Kier alpha value is -3.48. The summed E-state index contributed by atoms with van der Waals surface area (Å²) in [7, 11) is 0. The molecule has 136 valence electrons. The lowest BCUT2D eigenvalue weighted by Gasteiger charge is -2.34. The first-order valence-corrected chi connectivity index (χ1v) is 8.58. The van der Waals surface area contributed by atoms with Crippen LogP contribution in [0.25, 0.3) is 10.8 Å². The zero-order valence-corrected chi connectivity index (χ0v) is 14.4. The van der Waals surface area contributed by atoms with Crippen LogP contribution in [-0.4, -0.2) is 37.7 Å². The van der Waals surface area contributed by atoms with Crippen LogP contribution in [0.4, 0.5) is 0 Å². The average Bonchev–Trinajstić information content (AvgIpc) is 2.69. The van der Waals surface area contributed by atoms with Crippen molar-refractivity contribution in [1.29, 1.82) is 0 Å². The van der Waals surface area contributed by atoms with Gasteiger partial charge in [0, 0.05) is 18.4 Å². The van der Waals surface area contributed by atoms with Crippen molar-refractivity contribution in [3.05, 3.63) is 76.2 Å². The number of hydrogen-bond acceptors (Lipinski definition) is 4. The lowest BCUT2D eigenvalue weighted by atomic mass is 9.94. The molecule has 0 spiro atoms. The molecule has 1 amide bonds. The summed E-state index contributed by atoms with van der Waals surface area (Å²) in [4.78, 5) is 38.4. The highest BCUT2D eigenvalue weighted by Crippen LogP contribution is 2.23. The van der Waals surface area contributed by atoms with E-state index in [9.17, 15) is 19.5 Å².